The summed E-state index contributed by atoms with van der Waals surface area (Å²) in [5.41, 5.74) is 0. The SMILES string of the molecule is CCCCO[Si]C. The van der Waals surface area contributed by atoms with E-state index in [1.807, 2.05) is 0 Å². The van der Waals surface area contributed by atoms with Crippen molar-refractivity contribution in [2.45, 2.75) is 26.3 Å². The predicted octanol–water partition coefficient (Wildman–Crippen LogP) is 1.47. The highest BCUT2D eigenvalue weighted by Crippen LogP contribution is 1.84. The lowest BCUT2D eigenvalue weighted by Crippen LogP contribution is -1.94. The summed E-state index contributed by atoms with van der Waals surface area (Å²) in [7, 11) is 0.668. The average Bonchev–Trinajstić information content (AvgIpc) is 1.69. The van der Waals surface area contributed by atoms with Crippen LogP contribution in [0.5, 0.6) is 0 Å². The highest BCUT2D eigenvalue weighted by molar-refractivity contribution is 6.24. The van der Waals surface area contributed by atoms with E-state index in [0.29, 0.717) is 9.76 Å². The molecule has 42 valence electrons. The van der Waals surface area contributed by atoms with Gasteiger partial charge in [-0.25, -0.2) is 0 Å². The summed E-state index contributed by atoms with van der Waals surface area (Å²) >= 11 is 0. The van der Waals surface area contributed by atoms with Gasteiger partial charge in [0.1, 0.15) is 0 Å². The molecule has 0 rings (SSSR count). The summed E-state index contributed by atoms with van der Waals surface area (Å²) in [6.45, 7) is 5.17. The molecule has 0 aliphatic heterocycles. The summed E-state index contributed by atoms with van der Waals surface area (Å²) in [6.07, 6.45) is 2.45. The Hall–Kier alpha value is 0.177. The fraction of sp³-hybridized carbons (Fsp3) is 1.00. The van der Waals surface area contributed by atoms with Crippen molar-refractivity contribution < 1.29 is 4.43 Å². The van der Waals surface area contributed by atoms with Crippen LogP contribution in [0.15, 0.2) is 0 Å². The first-order valence-corrected chi connectivity index (χ1v) is 4.11. The molecule has 0 unspecified atom stereocenters. The van der Waals surface area contributed by atoms with Crippen molar-refractivity contribution in [3.05, 3.63) is 0 Å². The summed E-state index contributed by atoms with van der Waals surface area (Å²) in [5.74, 6) is 0. The van der Waals surface area contributed by atoms with Crippen LogP contribution in [0.2, 0.25) is 6.55 Å². The maximum absolute atomic E-state index is 5.10. The van der Waals surface area contributed by atoms with Crippen molar-refractivity contribution in [3.63, 3.8) is 0 Å². The van der Waals surface area contributed by atoms with E-state index in [1.165, 1.54) is 12.8 Å². The Morgan fingerprint density at radius 3 is 2.71 bits per heavy atom. The molecule has 7 heavy (non-hydrogen) atoms. The quantitative estimate of drug-likeness (QED) is 0.399. The van der Waals surface area contributed by atoms with Gasteiger partial charge in [-0.05, 0) is 13.0 Å². The van der Waals surface area contributed by atoms with Gasteiger partial charge in [0.25, 0.3) is 0 Å². The molecule has 0 saturated carbocycles. The van der Waals surface area contributed by atoms with Gasteiger partial charge >= 0.3 is 0 Å². The summed E-state index contributed by atoms with van der Waals surface area (Å²) in [4.78, 5) is 0. The van der Waals surface area contributed by atoms with Crippen molar-refractivity contribution in [2.75, 3.05) is 6.61 Å². The maximum Gasteiger partial charge on any atom is 0.226 e. The van der Waals surface area contributed by atoms with E-state index in [2.05, 4.69) is 13.5 Å². The summed E-state index contributed by atoms with van der Waals surface area (Å²) < 4.78 is 5.10. The van der Waals surface area contributed by atoms with E-state index in [0.717, 1.165) is 6.61 Å². The lowest BCUT2D eigenvalue weighted by molar-refractivity contribution is 0.329. The van der Waals surface area contributed by atoms with E-state index in [-0.39, 0.29) is 0 Å². The van der Waals surface area contributed by atoms with Gasteiger partial charge < -0.3 is 4.43 Å². The Morgan fingerprint density at radius 2 is 2.29 bits per heavy atom. The highest BCUT2D eigenvalue weighted by atomic mass is 28.2. The Kier molecular flexibility index (Phi) is 6.33. The Balaban J connectivity index is 2.45. The summed E-state index contributed by atoms with van der Waals surface area (Å²) in [5, 5.41) is 0. The molecule has 0 aromatic heterocycles. The van der Waals surface area contributed by atoms with Crippen LogP contribution in [-0.2, 0) is 4.43 Å². The molecule has 2 heteroatoms. The average molecular weight is 116 g/mol. The zero-order valence-corrected chi connectivity index (χ0v) is 6.03. The first-order chi connectivity index (χ1) is 3.41. The minimum atomic E-state index is 0.668. The smallest absolute Gasteiger partial charge is 0.226 e. The van der Waals surface area contributed by atoms with Crippen molar-refractivity contribution in [3.8, 4) is 0 Å². The lowest BCUT2D eigenvalue weighted by atomic mass is 10.4. The van der Waals surface area contributed by atoms with E-state index >= 15 is 0 Å². The monoisotopic (exact) mass is 116 g/mol. The predicted molar refractivity (Wildman–Crippen MR) is 32.5 cm³/mol. The number of unbranched alkanes of at least 4 members (excludes halogenated alkanes) is 1. The molecule has 0 aliphatic carbocycles. The van der Waals surface area contributed by atoms with Crippen LogP contribution in [0.4, 0.5) is 0 Å². The van der Waals surface area contributed by atoms with Gasteiger partial charge in [-0.2, -0.15) is 0 Å². The van der Waals surface area contributed by atoms with Crippen molar-refractivity contribution in [1.29, 1.82) is 0 Å². The standard InChI is InChI=1S/C5H12OSi/c1-3-4-5-6-7-2/h3-5H2,1-2H3. The van der Waals surface area contributed by atoms with Crippen LogP contribution < -0.4 is 0 Å². The van der Waals surface area contributed by atoms with Crippen LogP contribution in [0.1, 0.15) is 19.8 Å². The topological polar surface area (TPSA) is 9.23 Å². The van der Waals surface area contributed by atoms with E-state index in [9.17, 15) is 0 Å². The second kappa shape index (κ2) is 6.18. The van der Waals surface area contributed by atoms with Crippen LogP contribution in [0, 0.1) is 0 Å². The second-order valence-electron chi connectivity index (χ2n) is 1.41. The molecular formula is C5H12OSi. The van der Waals surface area contributed by atoms with Crippen molar-refractivity contribution in [2.24, 2.45) is 0 Å². The molecule has 0 atom stereocenters. The molecule has 0 aromatic carbocycles. The summed E-state index contributed by atoms with van der Waals surface area (Å²) in [6, 6.07) is 0. The van der Waals surface area contributed by atoms with Crippen LogP contribution in [0.25, 0.3) is 0 Å². The normalized spacial score (nSPS) is 9.43. The second-order valence-corrected chi connectivity index (χ2v) is 2.10. The zero-order chi connectivity index (χ0) is 5.54. The molecule has 0 heterocycles. The largest absolute Gasteiger partial charge is 0.418 e. The fourth-order valence-corrected chi connectivity index (χ4v) is 0.667. The number of hydrogen-bond acceptors (Lipinski definition) is 1. The molecule has 0 spiro atoms. The van der Waals surface area contributed by atoms with Crippen molar-refractivity contribution >= 4 is 9.76 Å². The zero-order valence-electron chi connectivity index (χ0n) is 5.03. The molecule has 0 N–H and O–H groups in total. The third kappa shape index (κ3) is 6.18. The van der Waals surface area contributed by atoms with E-state index in [4.69, 9.17) is 4.43 Å². The minimum Gasteiger partial charge on any atom is -0.418 e. The first kappa shape index (κ1) is 7.18. The number of rotatable bonds is 4. The third-order valence-corrected chi connectivity index (χ3v) is 1.24. The van der Waals surface area contributed by atoms with Gasteiger partial charge in [-0.1, -0.05) is 13.3 Å². The molecule has 2 radical (unpaired) electrons. The first-order valence-electron chi connectivity index (χ1n) is 2.70. The Labute approximate surface area is 48.0 Å². The highest BCUT2D eigenvalue weighted by Gasteiger charge is 1.80. The van der Waals surface area contributed by atoms with Crippen LogP contribution >= 0.6 is 0 Å². The maximum atomic E-state index is 5.10. The fourth-order valence-electron chi connectivity index (χ4n) is 0.319. The molecule has 0 fully saturated rings. The molecule has 0 amide bonds. The molecule has 0 aliphatic rings. The number of hydrogen-bond donors (Lipinski definition) is 0. The van der Waals surface area contributed by atoms with Gasteiger partial charge in [0.05, 0.1) is 0 Å². The van der Waals surface area contributed by atoms with Gasteiger partial charge in [0.2, 0.25) is 9.76 Å². The van der Waals surface area contributed by atoms with Gasteiger partial charge in [-0.3, -0.25) is 0 Å². The molecule has 0 saturated heterocycles. The van der Waals surface area contributed by atoms with Crippen LogP contribution in [0.3, 0.4) is 0 Å². The third-order valence-electron chi connectivity index (χ3n) is 0.744. The Bertz CT molecular complexity index is 27.3. The molecule has 0 aromatic rings. The van der Waals surface area contributed by atoms with Crippen molar-refractivity contribution in [1.82, 2.24) is 0 Å². The Morgan fingerprint density at radius 1 is 1.57 bits per heavy atom. The van der Waals surface area contributed by atoms with Crippen LogP contribution in [-0.4, -0.2) is 16.4 Å². The molecule has 1 nitrogen and oxygen atoms in total. The van der Waals surface area contributed by atoms with Gasteiger partial charge in [0, 0.05) is 6.61 Å². The van der Waals surface area contributed by atoms with Gasteiger partial charge in [-0.15, -0.1) is 0 Å². The van der Waals surface area contributed by atoms with E-state index in [1.54, 1.807) is 0 Å². The van der Waals surface area contributed by atoms with Gasteiger partial charge in [0.15, 0.2) is 0 Å². The lowest BCUT2D eigenvalue weighted by Gasteiger charge is -1.93. The molecular weight excluding hydrogens is 104 g/mol. The minimum absolute atomic E-state index is 0.668. The molecule has 0 bridgehead atoms. The van der Waals surface area contributed by atoms with E-state index < -0.39 is 0 Å².